The van der Waals surface area contributed by atoms with Crippen molar-refractivity contribution >= 4 is 5.91 Å². The summed E-state index contributed by atoms with van der Waals surface area (Å²) in [5, 5.41) is 10.5. The van der Waals surface area contributed by atoms with Gasteiger partial charge in [-0.15, -0.1) is 10.2 Å². The Labute approximate surface area is 130 Å². The third-order valence-corrected chi connectivity index (χ3v) is 4.07. The van der Waals surface area contributed by atoms with Crippen LogP contribution in [0.2, 0.25) is 0 Å². The zero-order valence-electron chi connectivity index (χ0n) is 12.5. The van der Waals surface area contributed by atoms with E-state index in [4.69, 9.17) is 0 Å². The Morgan fingerprint density at radius 1 is 1.43 bits per heavy atom. The zero-order chi connectivity index (χ0) is 16.6. The molecule has 1 atom stereocenters. The lowest BCUT2D eigenvalue weighted by atomic mass is 9.99. The molecule has 3 heterocycles. The molecule has 0 unspecified atom stereocenters. The molecule has 124 valence electrons. The predicted molar refractivity (Wildman–Crippen MR) is 74.5 cm³/mol. The Morgan fingerprint density at radius 3 is 2.87 bits per heavy atom. The lowest BCUT2D eigenvalue weighted by molar-refractivity contribution is -0.182. The fourth-order valence-electron chi connectivity index (χ4n) is 2.73. The highest BCUT2D eigenvalue weighted by Crippen LogP contribution is 2.34. The van der Waals surface area contributed by atoms with Crippen molar-refractivity contribution < 1.29 is 18.0 Å². The van der Waals surface area contributed by atoms with Crippen LogP contribution in [0.4, 0.5) is 13.2 Å². The summed E-state index contributed by atoms with van der Waals surface area (Å²) in [5.74, 6) is -0.823. The molecule has 0 aromatic carbocycles. The van der Waals surface area contributed by atoms with E-state index >= 15 is 0 Å². The minimum Gasteiger partial charge on any atom is -0.347 e. The van der Waals surface area contributed by atoms with Gasteiger partial charge in [0.2, 0.25) is 0 Å². The van der Waals surface area contributed by atoms with Gasteiger partial charge in [0.05, 0.1) is 12.5 Å². The lowest BCUT2D eigenvalue weighted by Crippen LogP contribution is -2.34. The molecule has 0 aliphatic carbocycles. The number of fused-ring (bicyclic) bond motifs is 1. The van der Waals surface area contributed by atoms with E-state index in [9.17, 15) is 18.0 Å². The second-order valence-corrected chi connectivity index (χ2v) is 5.61. The van der Waals surface area contributed by atoms with E-state index in [2.05, 4.69) is 15.5 Å². The van der Waals surface area contributed by atoms with Crippen molar-refractivity contribution in [3.63, 3.8) is 0 Å². The highest BCUT2D eigenvalue weighted by Gasteiger charge is 2.42. The van der Waals surface area contributed by atoms with Crippen LogP contribution in [-0.4, -0.2) is 31.4 Å². The van der Waals surface area contributed by atoms with E-state index in [0.717, 1.165) is 0 Å². The van der Waals surface area contributed by atoms with E-state index in [1.807, 2.05) is 0 Å². The van der Waals surface area contributed by atoms with E-state index in [1.54, 1.807) is 29.9 Å². The molecule has 0 saturated heterocycles. The van der Waals surface area contributed by atoms with Crippen LogP contribution in [0.5, 0.6) is 0 Å². The number of carbonyl (C=O) groups is 1. The van der Waals surface area contributed by atoms with Crippen LogP contribution < -0.4 is 5.32 Å². The van der Waals surface area contributed by atoms with Gasteiger partial charge in [-0.1, -0.05) is 0 Å². The predicted octanol–water partition coefficient (Wildman–Crippen LogP) is 1.67. The van der Waals surface area contributed by atoms with Gasteiger partial charge < -0.3 is 14.5 Å². The van der Waals surface area contributed by atoms with Crippen molar-refractivity contribution in [2.45, 2.75) is 32.1 Å². The molecular weight excluding hydrogens is 311 g/mol. The van der Waals surface area contributed by atoms with Crippen LogP contribution >= 0.6 is 0 Å². The average Bonchev–Trinajstić information content (AvgIpc) is 3.09. The first-order valence-corrected chi connectivity index (χ1v) is 7.23. The molecule has 1 aliphatic rings. The second kappa shape index (κ2) is 5.71. The number of aromatic nitrogens is 4. The first-order valence-electron chi connectivity index (χ1n) is 7.23. The van der Waals surface area contributed by atoms with Crippen molar-refractivity contribution in [2.24, 2.45) is 13.0 Å². The molecule has 0 fully saturated rings. The Bertz CT molecular complexity index is 718. The van der Waals surface area contributed by atoms with Gasteiger partial charge in [0.15, 0.2) is 5.82 Å². The van der Waals surface area contributed by atoms with Crippen molar-refractivity contribution in [2.75, 3.05) is 0 Å². The molecule has 6 nitrogen and oxygen atoms in total. The van der Waals surface area contributed by atoms with Gasteiger partial charge in [-0.3, -0.25) is 4.79 Å². The van der Waals surface area contributed by atoms with Crippen LogP contribution in [0.1, 0.15) is 28.6 Å². The van der Waals surface area contributed by atoms with Gasteiger partial charge in [-0.25, -0.2) is 0 Å². The van der Waals surface area contributed by atoms with E-state index in [0.29, 0.717) is 17.3 Å². The number of nitrogens with one attached hydrogen (secondary N) is 1. The molecule has 0 spiro atoms. The van der Waals surface area contributed by atoms with Gasteiger partial charge >= 0.3 is 6.18 Å². The molecule has 2 aromatic heterocycles. The second-order valence-electron chi connectivity index (χ2n) is 5.61. The van der Waals surface area contributed by atoms with Gasteiger partial charge in [-0.2, -0.15) is 13.2 Å². The molecule has 1 aliphatic heterocycles. The molecule has 0 bridgehead atoms. The Hall–Kier alpha value is -2.32. The lowest BCUT2D eigenvalue weighted by Gasteiger charge is -2.26. The van der Waals surface area contributed by atoms with Gasteiger partial charge in [0, 0.05) is 26.2 Å². The van der Waals surface area contributed by atoms with Crippen LogP contribution in [0.15, 0.2) is 18.3 Å². The minimum absolute atomic E-state index is 0.0251. The molecular formula is C14H16F3N5O. The quantitative estimate of drug-likeness (QED) is 0.933. The molecule has 0 saturated carbocycles. The normalized spacial score (nSPS) is 17.8. The third-order valence-electron chi connectivity index (χ3n) is 4.07. The standard InChI is InChI=1S/C14H16F3N5O/c1-21-6-2-3-10(21)13(23)18-7-12-20-19-11-5-4-9(8-22(11)12)14(15,16)17/h2-3,6,9H,4-5,7-8H2,1H3,(H,18,23)/t9-/m1/s1. The summed E-state index contributed by atoms with van der Waals surface area (Å²) >= 11 is 0. The number of amides is 1. The summed E-state index contributed by atoms with van der Waals surface area (Å²) in [6.45, 7) is -0.150. The highest BCUT2D eigenvalue weighted by atomic mass is 19.4. The van der Waals surface area contributed by atoms with Crippen LogP contribution in [-0.2, 0) is 26.6 Å². The summed E-state index contributed by atoms with van der Waals surface area (Å²) < 4.78 is 41.8. The Morgan fingerprint density at radius 2 is 2.22 bits per heavy atom. The molecule has 2 aromatic rings. The van der Waals surface area contributed by atoms with Crippen LogP contribution in [0.25, 0.3) is 0 Å². The Kier molecular flexibility index (Phi) is 3.87. The van der Waals surface area contributed by atoms with Crippen molar-refractivity contribution in [1.29, 1.82) is 0 Å². The van der Waals surface area contributed by atoms with Gasteiger partial charge in [0.25, 0.3) is 5.91 Å². The molecule has 1 N–H and O–H groups in total. The number of alkyl halides is 3. The van der Waals surface area contributed by atoms with E-state index in [-0.39, 0.29) is 31.8 Å². The molecule has 0 radical (unpaired) electrons. The number of hydrogen-bond acceptors (Lipinski definition) is 3. The van der Waals surface area contributed by atoms with Crippen LogP contribution in [0.3, 0.4) is 0 Å². The maximum Gasteiger partial charge on any atom is 0.393 e. The monoisotopic (exact) mass is 327 g/mol. The SMILES string of the molecule is Cn1cccc1C(=O)NCc1nnc2n1C[C@H](C(F)(F)F)CC2. The van der Waals surface area contributed by atoms with Gasteiger partial charge in [0.1, 0.15) is 11.5 Å². The smallest absolute Gasteiger partial charge is 0.347 e. The number of rotatable bonds is 3. The fraction of sp³-hybridized carbons (Fsp3) is 0.500. The average molecular weight is 327 g/mol. The number of carbonyl (C=O) groups excluding carboxylic acids is 1. The van der Waals surface area contributed by atoms with Crippen molar-refractivity contribution in [1.82, 2.24) is 24.6 Å². The molecule has 9 heteroatoms. The molecule has 1 amide bonds. The first-order chi connectivity index (χ1) is 10.9. The summed E-state index contributed by atoms with van der Waals surface area (Å²) in [7, 11) is 1.74. The van der Waals surface area contributed by atoms with E-state index < -0.39 is 12.1 Å². The highest BCUT2D eigenvalue weighted by molar-refractivity contribution is 5.92. The molecule has 3 rings (SSSR count). The summed E-state index contributed by atoms with van der Waals surface area (Å²) in [5.41, 5.74) is 0.469. The van der Waals surface area contributed by atoms with Crippen molar-refractivity contribution in [3.8, 4) is 0 Å². The number of halogens is 3. The fourth-order valence-corrected chi connectivity index (χ4v) is 2.73. The summed E-state index contributed by atoms with van der Waals surface area (Å²) in [6, 6.07) is 3.40. The minimum atomic E-state index is -4.23. The van der Waals surface area contributed by atoms with Crippen LogP contribution in [0, 0.1) is 5.92 Å². The van der Waals surface area contributed by atoms with E-state index in [1.165, 1.54) is 4.57 Å². The largest absolute Gasteiger partial charge is 0.393 e. The topological polar surface area (TPSA) is 64.7 Å². The zero-order valence-corrected chi connectivity index (χ0v) is 12.5. The maximum atomic E-state index is 12.9. The number of aryl methyl sites for hydroxylation is 2. The summed E-state index contributed by atoms with van der Waals surface area (Å²) in [4.78, 5) is 12.0. The first kappa shape index (κ1) is 15.6. The molecule has 23 heavy (non-hydrogen) atoms. The summed E-state index contributed by atoms with van der Waals surface area (Å²) in [6.07, 6.45) is -2.23. The Balaban J connectivity index is 1.70. The van der Waals surface area contributed by atoms with Crippen molar-refractivity contribution in [3.05, 3.63) is 35.7 Å². The third kappa shape index (κ3) is 3.08. The number of nitrogens with zero attached hydrogens (tertiary/aromatic N) is 4. The maximum absolute atomic E-state index is 12.9. The van der Waals surface area contributed by atoms with Gasteiger partial charge in [-0.05, 0) is 18.6 Å². The number of hydrogen-bond donors (Lipinski definition) is 1.